The summed E-state index contributed by atoms with van der Waals surface area (Å²) in [6, 6.07) is 7.38. The van der Waals surface area contributed by atoms with Crippen LogP contribution in [-0.2, 0) is 11.2 Å². The van der Waals surface area contributed by atoms with Crippen LogP contribution in [0.5, 0.6) is 0 Å². The predicted octanol–water partition coefficient (Wildman–Crippen LogP) is 2.99. The van der Waals surface area contributed by atoms with Crippen LogP contribution in [0.3, 0.4) is 0 Å². The highest BCUT2D eigenvalue weighted by Crippen LogP contribution is 2.20. The molecule has 1 aliphatic heterocycles. The molecular formula is C18H27FN2O. The maximum Gasteiger partial charge on any atom is 0.216 e. The lowest BCUT2D eigenvalue weighted by molar-refractivity contribution is -0.119. The smallest absolute Gasteiger partial charge is 0.216 e. The molecule has 0 bridgehead atoms. The summed E-state index contributed by atoms with van der Waals surface area (Å²) in [6.07, 6.45) is 4.32. The zero-order chi connectivity index (χ0) is 15.9. The van der Waals surface area contributed by atoms with Gasteiger partial charge >= 0.3 is 0 Å². The van der Waals surface area contributed by atoms with Crippen LogP contribution in [0.15, 0.2) is 24.3 Å². The van der Waals surface area contributed by atoms with Crippen molar-refractivity contribution in [2.75, 3.05) is 19.6 Å². The number of carbonyl (C=O) groups is 1. The van der Waals surface area contributed by atoms with Gasteiger partial charge in [-0.1, -0.05) is 12.1 Å². The van der Waals surface area contributed by atoms with Crippen LogP contribution in [0, 0.1) is 11.7 Å². The highest BCUT2D eigenvalue weighted by Gasteiger charge is 2.23. The molecular weight excluding hydrogens is 279 g/mol. The Labute approximate surface area is 132 Å². The molecule has 1 fully saturated rings. The molecule has 1 saturated heterocycles. The molecule has 1 amide bonds. The zero-order valence-electron chi connectivity index (χ0n) is 13.6. The van der Waals surface area contributed by atoms with Crippen molar-refractivity contribution < 1.29 is 9.18 Å². The first kappa shape index (κ1) is 16.9. The van der Waals surface area contributed by atoms with Gasteiger partial charge in [-0.2, -0.15) is 0 Å². The molecule has 0 saturated carbocycles. The van der Waals surface area contributed by atoms with E-state index in [1.165, 1.54) is 18.9 Å². The maximum absolute atomic E-state index is 13.2. The highest BCUT2D eigenvalue weighted by atomic mass is 19.1. The first-order chi connectivity index (χ1) is 10.5. The molecule has 4 heteroatoms. The summed E-state index contributed by atoms with van der Waals surface area (Å²) >= 11 is 0. The molecule has 0 aliphatic carbocycles. The molecule has 2 rings (SSSR count). The Hall–Kier alpha value is -1.42. The lowest BCUT2D eigenvalue weighted by Crippen LogP contribution is -2.44. The number of nitrogens with one attached hydrogen (secondary N) is 1. The molecule has 1 aliphatic rings. The van der Waals surface area contributed by atoms with E-state index in [2.05, 4.69) is 17.1 Å². The lowest BCUT2D eigenvalue weighted by atomic mass is 9.95. The number of rotatable bonds is 6. The van der Waals surface area contributed by atoms with E-state index in [-0.39, 0.29) is 11.7 Å². The Balaban J connectivity index is 1.78. The number of benzene rings is 1. The summed E-state index contributed by atoms with van der Waals surface area (Å²) in [5, 5.41) is 2.93. The molecule has 0 unspecified atom stereocenters. The van der Waals surface area contributed by atoms with Crippen LogP contribution < -0.4 is 5.32 Å². The molecule has 1 aromatic carbocycles. The van der Waals surface area contributed by atoms with Crippen LogP contribution in [0.4, 0.5) is 4.39 Å². The Morgan fingerprint density at radius 2 is 2.32 bits per heavy atom. The van der Waals surface area contributed by atoms with Crippen molar-refractivity contribution >= 4 is 5.91 Å². The standard InChI is InChI=1S/C18H27FN2O/c1-14(8-9-16-5-3-7-18(19)11-16)21-10-4-6-17(13-21)12-20-15(2)22/h3,5,7,11,14,17H,4,6,8-10,12-13H2,1-2H3,(H,20,22)/t14-,17+/m0/s1. The summed E-state index contributed by atoms with van der Waals surface area (Å²) in [5.41, 5.74) is 1.07. The van der Waals surface area contributed by atoms with Gasteiger partial charge < -0.3 is 10.2 Å². The normalized spacial score (nSPS) is 20.6. The molecule has 3 nitrogen and oxygen atoms in total. The van der Waals surface area contributed by atoms with E-state index in [0.29, 0.717) is 12.0 Å². The molecule has 1 heterocycles. The van der Waals surface area contributed by atoms with E-state index < -0.39 is 0 Å². The summed E-state index contributed by atoms with van der Waals surface area (Å²) in [7, 11) is 0. The van der Waals surface area contributed by atoms with Gasteiger partial charge in [0.25, 0.3) is 0 Å². The van der Waals surface area contributed by atoms with Crippen molar-refractivity contribution in [2.45, 2.75) is 45.6 Å². The Morgan fingerprint density at radius 1 is 1.50 bits per heavy atom. The molecule has 122 valence electrons. The van der Waals surface area contributed by atoms with Crippen LogP contribution in [0.25, 0.3) is 0 Å². The Kier molecular flexibility index (Phi) is 6.37. The lowest BCUT2D eigenvalue weighted by Gasteiger charge is -2.37. The number of hydrogen-bond acceptors (Lipinski definition) is 2. The molecule has 1 aromatic rings. The maximum atomic E-state index is 13.2. The van der Waals surface area contributed by atoms with Gasteiger partial charge in [-0.15, -0.1) is 0 Å². The van der Waals surface area contributed by atoms with E-state index in [4.69, 9.17) is 0 Å². The fraction of sp³-hybridized carbons (Fsp3) is 0.611. The number of halogens is 1. The van der Waals surface area contributed by atoms with Crippen LogP contribution in [0.1, 0.15) is 38.7 Å². The van der Waals surface area contributed by atoms with Gasteiger partial charge in [0.05, 0.1) is 0 Å². The largest absolute Gasteiger partial charge is 0.356 e. The topological polar surface area (TPSA) is 32.3 Å². The van der Waals surface area contributed by atoms with E-state index >= 15 is 0 Å². The third-order valence-electron chi connectivity index (χ3n) is 4.55. The van der Waals surface area contributed by atoms with Gasteiger partial charge in [0.2, 0.25) is 5.91 Å². The van der Waals surface area contributed by atoms with E-state index in [1.54, 1.807) is 19.1 Å². The minimum atomic E-state index is -0.154. The Bertz CT molecular complexity index is 492. The minimum Gasteiger partial charge on any atom is -0.356 e. The summed E-state index contributed by atoms with van der Waals surface area (Å²) in [6.45, 7) is 6.77. The first-order valence-electron chi connectivity index (χ1n) is 8.27. The van der Waals surface area contributed by atoms with Crippen molar-refractivity contribution in [1.29, 1.82) is 0 Å². The number of hydrogen-bond donors (Lipinski definition) is 1. The molecule has 0 aromatic heterocycles. The van der Waals surface area contributed by atoms with E-state index in [9.17, 15) is 9.18 Å². The number of aryl methyl sites for hydroxylation is 1. The molecule has 0 spiro atoms. The van der Waals surface area contributed by atoms with Gasteiger partial charge in [-0.25, -0.2) is 4.39 Å². The monoisotopic (exact) mass is 306 g/mol. The number of carbonyl (C=O) groups excluding carboxylic acids is 1. The second kappa shape index (κ2) is 8.28. The van der Waals surface area contributed by atoms with Gasteiger partial charge in [0.1, 0.15) is 5.82 Å². The van der Waals surface area contributed by atoms with Crippen molar-refractivity contribution in [2.24, 2.45) is 5.92 Å². The van der Waals surface area contributed by atoms with Gasteiger partial charge in [0, 0.05) is 26.1 Å². The molecule has 0 radical (unpaired) electrons. The average molecular weight is 306 g/mol. The van der Waals surface area contributed by atoms with Crippen molar-refractivity contribution in [1.82, 2.24) is 10.2 Å². The van der Waals surface area contributed by atoms with Gasteiger partial charge in [-0.05, 0) is 62.8 Å². The fourth-order valence-corrected chi connectivity index (χ4v) is 3.20. The number of nitrogens with zero attached hydrogens (tertiary/aromatic N) is 1. The van der Waals surface area contributed by atoms with Crippen LogP contribution in [0.2, 0.25) is 0 Å². The number of amides is 1. The van der Waals surface area contributed by atoms with E-state index in [0.717, 1.165) is 38.0 Å². The van der Waals surface area contributed by atoms with Crippen molar-refractivity contribution in [3.63, 3.8) is 0 Å². The minimum absolute atomic E-state index is 0.0521. The third kappa shape index (κ3) is 5.41. The summed E-state index contributed by atoms with van der Waals surface area (Å²) in [5.74, 6) is 0.448. The van der Waals surface area contributed by atoms with Gasteiger partial charge in [0.15, 0.2) is 0 Å². The second-order valence-electron chi connectivity index (χ2n) is 6.46. The fourth-order valence-electron chi connectivity index (χ4n) is 3.20. The quantitative estimate of drug-likeness (QED) is 0.876. The zero-order valence-corrected chi connectivity index (χ0v) is 13.6. The van der Waals surface area contributed by atoms with Crippen LogP contribution >= 0.6 is 0 Å². The molecule has 22 heavy (non-hydrogen) atoms. The molecule has 2 atom stereocenters. The second-order valence-corrected chi connectivity index (χ2v) is 6.46. The summed E-state index contributed by atoms with van der Waals surface area (Å²) in [4.78, 5) is 13.5. The average Bonchev–Trinajstić information content (AvgIpc) is 2.51. The Morgan fingerprint density at radius 3 is 3.05 bits per heavy atom. The third-order valence-corrected chi connectivity index (χ3v) is 4.55. The number of likely N-dealkylation sites (tertiary alicyclic amines) is 1. The summed E-state index contributed by atoms with van der Waals surface area (Å²) < 4.78 is 13.2. The highest BCUT2D eigenvalue weighted by molar-refractivity contribution is 5.72. The number of piperidine rings is 1. The predicted molar refractivity (Wildman–Crippen MR) is 87.2 cm³/mol. The van der Waals surface area contributed by atoms with Crippen molar-refractivity contribution in [3.05, 3.63) is 35.6 Å². The van der Waals surface area contributed by atoms with Crippen LogP contribution in [-0.4, -0.2) is 36.5 Å². The first-order valence-corrected chi connectivity index (χ1v) is 8.27. The molecule has 1 N–H and O–H groups in total. The van der Waals surface area contributed by atoms with Crippen molar-refractivity contribution in [3.8, 4) is 0 Å². The SMILES string of the molecule is CC(=O)NC[C@H]1CCCN([C@@H](C)CCc2cccc(F)c2)C1. The van der Waals surface area contributed by atoms with E-state index in [1.807, 2.05) is 6.07 Å². The van der Waals surface area contributed by atoms with Gasteiger partial charge in [-0.3, -0.25) is 4.79 Å².